The normalized spacial score (nSPS) is 31.3. The predicted molar refractivity (Wildman–Crippen MR) is 46.3 cm³/mol. The van der Waals surface area contributed by atoms with Gasteiger partial charge in [0.2, 0.25) is 0 Å². The van der Waals surface area contributed by atoms with E-state index < -0.39 is 0 Å². The van der Waals surface area contributed by atoms with Crippen LogP contribution in [0.5, 0.6) is 0 Å². The van der Waals surface area contributed by atoms with Gasteiger partial charge in [-0.05, 0) is 55.1 Å². The Kier molecular flexibility index (Phi) is 0.988. The number of allylic oxidation sites excluding steroid dienone is 4. The van der Waals surface area contributed by atoms with Gasteiger partial charge in [-0.3, -0.25) is 0 Å². The Morgan fingerprint density at radius 2 is 1.91 bits per heavy atom. The van der Waals surface area contributed by atoms with Crippen LogP contribution in [0.25, 0.3) is 0 Å². The summed E-state index contributed by atoms with van der Waals surface area (Å²) < 4.78 is 0. The van der Waals surface area contributed by atoms with Crippen LogP contribution in [0.2, 0.25) is 0 Å². The molecular weight excluding hydrogens is 132 g/mol. The van der Waals surface area contributed by atoms with Crippen molar-refractivity contribution in [2.45, 2.75) is 38.5 Å². The fourth-order valence-corrected chi connectivity index (χ4v) is 2.50. The van der Waals surface area contributed by atoms with E-state index >= 15 is 0 Å². The average Bonchev–Trinajstić information content (AvgIpc) is 2.63. The summed E-state index contributed by atoms with van der Waals surface area (Å²) in [7, 11) is 0. The molecule has 0 heterocycles. The predicted octanol–water partition coefficient (Wildman–Crippen LogP) is 3.21. The molecular formula is C11H14. The molecule has 0 nitrogen and oxygen atoms in total. The lowest BCUT2D eigenvalue weighted by Gasteiger charge is -2.19. The molecule has 0 atom stereocenters. The smallest absolute Gasteiger partial charge is 0.0109 e. The third-order valence-electron chi connectivity index (χ3n) is 3.48. The maximum atomic E-state index is 2.59. The topological polar surface area (TPSA) is 0 Å². The molecule has 0 heteroatoms. The molecule has 3 aliphatic carbocycles. The zero-order valence-electron chi connectivity index (χ0n) is 6.90. The van der Waals surface area contributed by atoms with Gasteiger partial charge >= 0.3 is 0 Å². The van der Waals surface area contributed by atoms with E-state index in [9.17, 15) is 0 Å². The molecule has 0 saturated heterocycles. The van der Waals surface area contributed by atoms with Crippen molar-refractivity contribution in [1.82, 2.24) is 0 Å². The fourth-order valence-electron chi connectivity index (χ4n) is 2.50. The number of hydrogen-bond acceptors (Lipinski definition) is 0. The Morgan fingerprint density at radius 1 is 1.00 bits per heavy atom. The molecule has 0 amide bonds. The summed E-state index contributed by atoms with van der Waals surface area (Å²) in [4.78, 5) is 0. The molecule has 58 valence electrons. The van der Waals surface area contributed by atoms with Gasteiger partial charge in [-0.25, -0.2) is 0 Å². The molecule has 0 bridgehead atoms. The van der Waals surface area contributed by atoms with Crippen molar-refractivity contribution >= 4 is 0 Å². The Hall–Kier alpha value is -0.520. The first-order valence-electron chi connectivity index (χ1n) is 4.79. The van der Waals surface area contributed by atoms with Crippen LogP contribution in [-0.2, 0) is 0 Å². The highest BCUT2D eigenvalue weighted by molar-refractivity contribution is 5.41. The van der Waals surface area contributed by atoms with E-state index in [0.717, 1.165) is 5.41 Å². The summed E-state index contributed by atoms with van der Waals surface area (Å²) in [6.45, 7) is 0. The van der Waals surface area contributed by atoms with Gasteiger partial charge in [-0.2, -0.15) is 0 Å². The van der Waals surface area contributed by atoms with E-state index in [1.165, 1.54) is 38.5 Å². The van der Waals surface area contributed by atoms with Crippen LogP contribution in [0.15, 0.2) is 23.3 Å². The maximum absolute atomic E-state index is 2.59. The molecule has 0 radical (unpaired) electrons. The van der Waals surface area contributed by atoms with Gasteiger partial charge in [0.05, 0.1) is 0 Å². The van der Waals surface area contributed by atoms with Gasteiger partial charge < -0.3 is 0 Å². The zero-order chi connectivity index (χ0) is 7.31. The first-order chi connectivity index (χ1) is 5.38. The van der Waals surface area contributed by atoms with E-state index in [-0.39, 0.29) is 0 Å². The highest BCUT2D eigenvalue weighted by atomic mass is 14.5. The van der Waals surface area contributed by atoms with Crippen LogP contribution in [0, 0.1) is 5.41 Å². The first kappa shape index (κ1) is 6.05. The lowest BCUT2D eigenvalue weighted by molar-refractivity contribution is 0.559. The van der Waals surface area contributed by atoms with Crippen LogP contribution < -0.4 is 0 Å². The molecule has 0 aliphatic heterocycles. The highest BCUT2D eigenvalue weighted by Gasteiger charge is 2.42. The fraction of sp³-hybridized carbons (Fsp3) is 0.636. The third-order valence-corrected chi connectivity index (χ3v) is 3.48. The average molecular weight is 146 g/mol. The van der Waals surface area contributed by atoms with Crippen molar-refractivity contribution in [3.63, 3.8) is 0 Å². The lowest BCUT2D eigenvalue weighted by atomic mass is 9.86. The first-order valence-corrected chi connectivity index (χ1v) is 4.79. The molecule has 0 N–H and O–H groups in total. The summed E-state index contributed by atoms with van der Waals surface area (Å²) in [5.41, 5.74) is 4.10. The number of hydrogen-bond donors (Lipinski definition) is 0. The zero-order valence-corrected chi connectivity index (χ0v) is 6.90. The Morgan fingerprint density at radius 3 is 2.73 bits per heavy atom. The number of fused-ring (bicyclic) bond motifs is 1. The monoisotopic (exact) mass is 146 g/mol. The van der Waals surface area contributed by atoms with E-state index in [1.54, 1.807) is 11.1 Å². The van der Waals surface area contributed by atoms with Crippen LogP contribution in [0.4, 0.5) is 0 Å². The van der Waals surface area contributed by atoms with E-state index in [2.05, 4.69) is 12.2 Å². The van der Waals surface area contributed by atoms with Crippen molar-refractivity contribution < 1.29 is 0 Å². The second-order valence-electron chi connectivity index (χ2n) is 4.30. The third kappa shape index (κ3) is 0.817. The molecule has 1 spiro atoms. The van der Waals surface area contributed by atoms with Crippen LogP contribution in [-0.4, -0.2) is 0 Å². The van der Waals surface area contributed by atoms with Gasteiger partial charge in [-0.15, -0.1) is 0 Å². The highest BCUT2D eigenvalue weighted by Crippen LogP contribution is 2.56. The van der Waals surface area contributed by atoms with Gasteiger partial charge in [-0.1, -0.05) is 12.2 Å². The Balaban J connectivity index is 2.01. The van der Waals surface area contributed by atoms with E-state index in [0.29, 0.717) is 0 Å². The lowest BCUT2D eigenvalue weighted by Crippen LogP contribution is -2.04. The van der Waals surface area contributed by atoms with Crippen molar-refractivity contribution in [3.8, 4) is 0 Å². The molecule has 0 unspecified atom stereocenters. The minimum absolute atomic E-state index is 0.719. The van der Waals surface area contributed by atoms with E-state index in [1.807, 2.05) is 0 Å². The molecule has 0 aromatic rings. The van der Waals surface area contributed by atoms with Crippen molar-refractivity contribution in [2.24, 2.45) is 5.41 Å². The minimum atomic E-state index is 0.719. The van der Waals surface area contributed by atoms with Crippen molar-refractivity contribution in [3.05, 3.63) is 23.3 Å². The summed E-state index contributed by atoms with van der Waals surface area (Å²) in [5, 5.41) is 0. The SMILES string of the molecule is C1=C2CCC=C2CCC12CC2. The van der Waals surface area contributed by atoms with Gasteiger partial charge in [0, 0.05) is 0 Å². The quantitative estimate of drug-likeness (QED) is 0.492. The minimum Gasteiger partial charge on any atom is -0.0807 e. The second kappa shape index (κ2) is 1.80. The van der Waals surface area contributed by atoms with Crippen LogP contribution >= 0.6 is 0 Å². The maximum Gasteiger partial charge on any atom is -0.0109 e. The summed E-state index contributed by atoms with van der Waals surface area (Å²) >= 11 is 0. The van der Waals surface area contributed by atoms with E-state index in [4.69, 9.17) is 0 Å². The summed E-state index contributed by atoms with van der Waals surface area (Å²) in [6.07, 6.45) is 13.5. The summed E-state index contributed by atoms with van der Waals surface area (Å²) in [5.74, 6) is 0. The Labute approximate surface area is 68.0 Å². The van der Waals surface area contributed by atoms with Gasteiger partial charge in [0.1, 0.15) is 0 Å². The molecule has 3 rings (SSSR count). The van der Waals surface area contributed by atoms with Crippen molar-refractivity contribution in [2.75, 3.05) is 0 Å². The summed E-state index contributed by atoms with van der Waals surface area (Å²) in [6, 6.07) is 0. The largest absolute Gasteiger partial charge is 0.0807 e. The van der Waals surface area contributed by atoms with Crippen molar-refractivity contribution in [1.29, 1.82) is 0 Å². The van der Waals surface area contributed by atoms with Crippen LogP contribution in [0.3, 0.4) is 0 Å². The van der Waals surface area contributed by atoms with Gasteiger partial charge in [0.25, 0.3) is 0 Å². The second-order valence-corrected chi connectivity index (χ2v) is 4.30. The van der Waals surface area contributed by atoms with Crippen LogP contribution in [0.1, 0.15) is 38.5 Å². The number of rotatable bonds is 0. The molecule has 11 heavy (non-hydrogen) atoms. The molecule has 3 aliphatic rings. The molecule has 0 aromatic heterocycles. The molecule has 0 aromatic carbocycles. The Bertz CT molecular complexity index is 251. The molecule has 1 saturated carbocycles. The standard InChI is InChI=1S/C11H14/c1-2-9-4-5-11(6-7-11)8-10(9)3-1/h2,8H,1,3-7H2. The molecule has 1 fully saturated rings. The van der Waals surface area contributed by atoms with Gasteiger partial charge in [0.15, 0.2) is 0 Å².